The van der Waals surface area contributed by atoms with Gasteiger partial charge in [0.15, 0.2) is 0 Å². The van der Waals surface area contributed by atoms with Crippen LogP contribution in [-0.2, 0) is 25.1 Å². The van der Waals surface area contributed by atoms with E-state index in [0.29, 0.717) is 27.5 Å². The Balaban J connectivity index is 1.98. The topological polar surface area (TPSA) is 73.2 Å². The molecule has 0 atom stereocenters. The van der Waals surface area contributed by atoms with Crippen molar-refractivity contribution in [1.82, 2.24) is 0 Å². The van der Waals surface area contributed by atoms with Gasteiger partial charge in [0.2, 0.25) is 0 Å². The number of carbonyl (C=O) groups is 1. The molecule has 5 nitrogen and oxygen atoms in total. The van der Waals surface area contributed by atoms with Crippen molar-refractivity contribution in [3.05, 3.63) is 90.5 Å². The Hall–Kier alpha value is -2.02. The Bertz CT molecular complexity index is 1340. The Morgan fingerprint density at radius 2 is 1.19 bits per heavy atom. The third-order valence-electron chi connectivity index (χ3n) is 6.76. The average molecular weight is 734 g/mol. The van der Waals surface area contributed by atoms with Crippen LogP contribution in [-0.4, -0.2) is 34.3 Å². The summed E-state index contributed by atoms with van der Waals surface area (Å²) in [5, 5.41) is -4.86. The van der Waals surface area contributed by atoms with Gasteiger partial charge in [-0.3, -0.25) is 3.63 Å². The fraction of sp³-hybridized carbons (Fsp3) is 0.406. The number of esters is 1. The minimum absolute atomic E-state index is 0.189. The van der Waals surface area contributed by atoms with Gasteiger partial charge < -0.3 is 4.74 Å². The summed E-state index contributed by atoms with van der Waals surface area (Å²) in [5.74, 6) is -2.10. The Morgan fingerprint density at radius 3 is 1.67 bits per heavy atom. The molecule has 0 radical (unpaired) electrons. The van der Waals surface area contributed by atoms with E-state index in [1.54, 1.807) is 72.8 Å². The van der Waals surface area contributed by atoms with E-state index in [4.69, 9.17) is 4.74 Å². The fourth-order valence-corrected chi connectivity index (χ4v) is 10.2. The minimum atomic E-state index is -5.70. The molecule has 42 heavy (non-hydrogen) atoms. The fourth-order valence-electron chi connectivity index (χ4n) is 4.38. The molecule has 0 aromatic heterocycles. The van der Waals surface area contributed by atoms with Crippen molar-refractivity contribution in [1.29, 1.82) is 0 Å². The summed E-state index contributed by atoms with van der Waals surface area (Å²) in [7, 11) is -8.86. The van der Waals surface area contributed by atoms with Crippen molar-refractivity contribution in [2.45, 2.75) is 84.7 Å². The zero-order valence-electron chi connectivity index (χ0n) is 24.3. The predicted molar refractivity (Wildman–Crippen MR) is 174 cm³/mol. The quantitative estimate of drug-likeness (QED) is 0.0390. The van der Waals surface area contributed by atoms with E-state index in [1.165, 1.54) is 0 Å². The molecule has 0 saturated carbocycles. The zero-order valence-corrected chi connectivity index (χ0v) is 28.1. The third kappa shape index (κ3) is 8.33. The highest BCUT2D eigenvalue weighted by Gasteiger charge is 2.63. The maximum absolute atomic E-state index is 15.5. The molecule has 0 saturated heterocycles. The molecule has 3 aromatic rings. The summed E-state index contributed by atoms with van der Waals surface area (Å²) in [6.45, 7) is 5.86. The van der Waals surface area contributed by atoms with Crippen LogP contribution in [0.5, 0.6) is 0 Å². The highest BCUT2D eigenvalue weighted by molar-refractivity contribution is 14.1. The number of halogens is 3. The molecule has 0 aliphatic rings. The van der Waals surface area contributed by atoms with Gasteiger partial charge in [0.1, 0.15) is 0 Å². The SMILES string of the molecule is CC(C)(C)c1ccc(S([OH+]S(=O)(=O)C(F)(F)C(=O)OCCCCCCCCI)(c2ccccc2)c2ccccc2)cc1. The Morgan fingerprint density at radius 1 is 0.738 bits per heavy atom. The van der Waals surface area contributed by atoms with Gasteiger partial charge >= 0.3 is 21.3 Å². The second-order valence-corrected chi connectivity index (χ2v) is 16.7. The molecule has 3 aromatic carbocycles. The zero-order chi connectivity index (χ0) is 30.9. The summed E-state index contributed by atoms with van der Waals surface area (Å²) in [6.07, 6.45) is 5.21. The number of carbonyl (C=O) groups excluding carboxylic acids is 1. The number of unbranched alkanes of at least 4 members (excludes halogenated alkanes) is 5. The molecule has 0 aliphatic heterocycles. The summed E-state index contributed by atoms with van der Waals surface area (Å²) >= 11 is 2.32. The van der Waals surface area contributed by atoms with Crippen LogP contribution in [0.15, 0.2) is 99.6 Å². The summed E-state index contributed by atoms with van der Waals surface area (Å²) < 4.78 is 67.8. The second kappa shape index (κ2) is 15.1. The monoisotopic (exact) mass is 733 g/mol. The number of alkyl halides is 3. The van der Waals surface area contributed by atoms with Crippen LogP contribution in [0.4, 0.5) is 8.78 Å². The average Bonchev–Trinajstić information content (AvgIpc) is 2.97. The maximum Gasteiger partial charge on any atom is 0.514 e. The van der Waals surface area contributed by atoms with Crippen molar-refractivity contribution in [3.63, 3.8) is 0 Å². The molecule has 0 aliphatic carbocycles. The lowest BCUT2D eigenvalue weighted by Gasteiger charge is -2.35. The van der Waals surface area contributed by atoms with Crippen LogP contribution in [0.25, 0.3) is 0 Å². The van der Waals surface area contributed by atoms with E-state index in [-0.39, 0.29) is 12.0 Å². The molecule has 0 bridgehead atoms. The second-order valence-electron chi connectivity index (χ2n) is 11.0. The summed E-state index contributed by atoms with van der Waals surface area (Å²) in [5.41, 5.74) is 0.799. The van der Waals surface area contributed by atoms with Crippen LogP contribution in [0, 0.1) is 0 Å². The molecular formula is C32H40F2IO5S2+. The van der Waals surface area contributed by atoms with E-state index in [9.17, 15) is 13.2 Å². The molecule has 0 amide bonds. The lowest BCUT2D eigenvalue weighted by Crippen LogP contribution is -2.42. The first-order chi connectivity index (χ1) is 19.9. The first-order valence-corrected chi connectivity index (χ1v) is 18.6. The highest BCUT2D eigenvalue weighted by atomic mass is 127. The van der Waals surface area contributed by atoms with Gasteiger partial charge in [-0.15, -0.1) is 8.42 Å². The van der Waals surface area contributed by atoms with Crippen LogP contribution in [0.2, 0.25) is 0 Å². The molecule has 0 fully saturated rings. The summed E-state index contributed by atoms with van der Waals surface area (Å²) in [4.78, 5) is 13.9. The van der Waals surface area contributed by atoms with Crippen LogP contribution < -0.4 is 0 Å². The maximum atomic E-state index is 15.5. The molecule has 0 unspecified atom stereocenters. The number of rotatable bonds is 15. The molecule has 1 N–H and O–H groups in total. The number of benzene rings is 3. The molecule has 10 heteroatoms. The molecular weight excluding hydrogens is 693 g/mol. The third-order valence-corrected chi connectivity index (χ3v) is 12.9. The van der Waals surface area contributed by atoms with Gasteiger partial charge in [0.25, 0.3) is 0 Å². The first-order valence-electron chi connectivity index (χ1n) is 14.0. The predicted octanol–water partition coefficient (Wildman–Crippen LogP) is 9.52. The van der Waals surface area contributed by atoms with Crippen molar-refractivity contribution in [2.75, 3.05) is 11.0 Å². The number of hydrogen-bond donors (Lipinski definition) is 0. The van der Waals surface area contributed by atoms with Gasteiger partial charge in [0.05, 0.1) is 31.6 Å². The minimum Gasteiger partial charge on any atom is -0.460 e. The van der Waals surface area contributed by atoms with Crippen LogP contribution in [0.1, 0.15) is 64.9 Å². The van der Waals surface area contributed by atoms with E-state index in [1.807, 2.05) is 32.9 Å². The number of hydrogen-bond acceptors (Lipinski definition) is 4. The largest absolute Gasteiger partial charge is 0.514 e. The molecule has 230 valence electrons. The van der Waals surface area contributed by atoms with Crippen molar-refractivity contribution < 1.29 is 30.4 Å². The van der Waals surface area contributed by atoms with Crippen molar-refractivity contribution in [2.24, 2.45) is 0 Å². The van der Waals surface area contributed by atoms with Gasteiger partial charge in [-0.2, -0.15) is 8.78 Å². The first kappa shape index (κ1) is 34.5. The standard InChI is InChI=1S/C32H39F2IO5S2/c1-31(2,3)26-20-22-29(23-21-26)41(27-16-10-8-11-17-27,28-18-12-9-13-19-28)40-42(37,38)32(33,34)30(36)39-25-15-7-5-4-6-14-24-35/h8-13,16-23H,4-7,14-15,24-25H2,1-3H3/p+1. The van der Waals surface area contributed by atoms with Crippen molar-refractivity contribution in [3.8, 4) is 0 Å². The van der Waals surface area contributed by atoms with Gasteiger partial charge in [0, 0.05) is 0 Å². The molecule has 0 heterocycles. The summed E-state index contributed by atoms with van der Waals surface area (Å²) in [6, 6.07) is 24.3. The Kier molecular flexibility index (Phi) is 12.4. The van der Waals surface area contributed by atoms with Gasteiger partial charge in [-0.25, -0.2) is 4.79 Å². The normalized spacial score (nSPS) is 13.1. The van der Waals surface area contributed by atoms with Crippen molar-refractivity contribution >= 4 is 49.0 Å². The molecule has 3 rings (SSSR count). The Labute approximate surface area is 264 Å². The highest BCUT2D eigenvalue weighted by Crippen LogP contribution is 2.68. The van der Waals surface area contributed by atoms with E-state index in [2.05, 4.69) is 26.2 Å². The molecule has 0 spiro atoms. The van der Waals surface area contributed by atoms with Crippen LogP contribution >= 0.6 is 32.9 Å². The van der Waals surface area contributed by atoms with E-state index < -0.39 is 31.7 Å². The van der Waals surface area contributed by atoms with Gasteiger partial charge in [-0.1, -0.05) is 118 Å². The lowest BCUT2D eigenvalue weighted by atomic mass is 9.87. The smallest absolute Gasteiger partial charge is 0.460 e. The lowest BCUT2D eigenvalue weighted by molar-refractivity contribution is -0.161. The van der Waals surface area contributed by atoms with Gasteiger partial charge in [-0.05, 0) is 64.6 Å². The number of ether oxygens (including phenoxy) is 1. The van der Waals surface area contributed by atoms with E-state index >= 15 is 8.78 Å². The van der Waals surface area contributed by atoms with Crippen LogP contribution in [0.3, 0.4) is 0 Å². The van der Waals surface area contributed by atoms with E-state index in [0.717, 1.165) is 35.7 Å².